The number of hydroxylamine groups is 3. The van der Waals surface area contributed by atoms with Crippen LogP contribution in [0.15, 0.2) is 30.3 Å². The Morgan fingerprint density at radius 3 is 2.62 bits per heavy atom. The summed E-state index contributed by atoms with van der Waals surface area (Å²) in [6.07, 6.45) is -0.443. The highest BCUT2D eigenvalue weighted by Crippen LogP contribution is 2.30. The second-order valence-corrected chi connectivity index (χ2v) is 8.80. The average molecular weight is 450 g/mol. The number of nitrogens with two attached hydrogens (primary N) is 1. The van der Waals surface area contributed by atoms with E-state index in [0.717, 1.165) is 5.56 Å². The number of rotatable bonds is 8. The summed E-state index contributed by atoms with van der Waals surface area (Å²) in [5.41, 5.74) is 8.38. The molecule has 1 aromatic carbocycles. The van der Waals surface area contributed by atoms with Crippen LogP contribution in [-0.4, -0.2) is 65.0 Å². The Morgan fingerprint density at radius 1 is 1.22 bits per heavy atom. The van der Waals surface area contributed by atoms with Crippen molar-refractivity contribution >= 4 is 18.0 Å². The molecular weight excluding hydrogens is 418 g/mol. The molecule has 11 nitrogen and oxygen atoms in total. The highest BCUT2D eigenvalue weighted by molar-refractivity contribution is 5.88. The highest BCUT2D eigenvalue weighted by atomic mass is 16.7. The van der Waals surface area contributed by atoms with Crippen LogP contribution < -0.4 is 16.5 Å². The molecule has 1 aromatic rings. The highest BCUT2D eigenvalue weighted by Gasteiger charge is 2.48. The maximum atomic E-state index is 12.8. The van der Waals surface area contributed by atoms with Crippen molar-refractivity contribution in [3.63, 3.8) is 0 Å². The van der Waals surface area contributed by atoms with Gasteiger partial charge in [0.2, 0.25) is 0 Å². The molecule has 0 aromatic heterocycles. The van der Waals surface area contributed by atoms with Crippen LogP contribution in [0.2, 0.25) is 0 Å². The summed E-state index contributed by atoms with van der Waals surface area (Å²) in [6.45, 7) is 5.72. The lowest BCUT2D eigenvalue weighted by atomic mass is 10.0. The third-order valence-electron chi connectivity index (χ3n) is 4.98. The molecule has 2 fully saturated rings. The molecule has 2 heterocycles. The van der Waals surface area contributed by atoms with Crippen molar-refractivity contribution in [1.29, 1.82) is 0 Å². The van der Waals surface area contributed by atoms with E-state index in [-0.39, 0.29) is 25.3 Å². The molecule has 2 bridgehead atoms. The molecule has 4 amide bonds. The number of carbonyl (C=O) groups excluding carboxylic acids is 3. The van der Waals surface area contributed by atoms with E-state index in [0.29, 0.717) is 19.4 Å². The molecule has 0 saturated carbocycles. The first kappa shape index (κ1) is 23.8. The lowest BCUT2D eigenvalue weighted by molar-refractivity contribution is -0.141. The summed E-state index contributed by atoms with van der Waals surface area (Å²) in [5, 5.41) is 3.77. The van der Waals surface area contributed by atoms with Crippen LogP contribution in [0.3, 0.4) is 0 Å². The Labute approximate surface area is 187 Å². The number of nitrogens with zero attached hydrogens (tertiary/aromatic N) is 2. The maximum Gasteiger partial charge on any atom is 0.408 e. The van der Waals surface area contributed by atoms with Crippen molar-refractivity contribution in [2.75, 3.05) is 13.2 Å². The van der Waals surface area contributed by atoms with Crippen LogP contribution in [0.5, 0.6) is 0 Å². The molecule has 0 radical (unpaired) electrons. The predicted octanol–water partition coefficient (Wildman–Crippen LogP) is 1.24. The van der Waals surface area contributed by atoms with Gasteiger partial charge in [-0.25, -0.2) is 15.1 Å². The molecule has 0 spiro atoms. The molecule has 4 N–H and O–H groups in total. The largest absolute Gasteiger partial charge is 0.444 e. The Morgan fingerprint density at radius 2 is 1.94 bits per heavy atom. The number of benzene rings is 1. The molecule has 176 valence electrons. The molecule has 32 heavy (non-hydrogen) atoms. The van der Waals surface area contributed by atoms with Crippen LogP contribution in [0.4, 0.5) is 9.59 Å². The van der Waals surface area contributed by atoms with E-state index in [4.69, 9.17) is 20.1 Å². The fourth-order valence-electron chi connectivity index (χ4n) is 3.56. The molecule has 2 saturated heterocycles. The Balaban J connectivity index is 1.43. The van der Waals surface area contributed by atoms with E-state index >= 15 is 0 Å². The molecule has 0 aliphatic carbocycles. The van der Waals surface area contributed by atoms with E-state index < -0.39 is 29.8 Å². The SMILES string of the molecule is CC(C)(C)OC(=O)N[C@H](N)CONC(=O)[C@@H]1CCC2CN1C(=O)N2OCc1ccccc1. The first-order chi connectivity index (χ1) is 15.1. The van der Waals surface area contributed by atoms with Crippen LogP contribution >= 0.6 is 0 Å². The zero-order chi connectivity index (χ0) is 23.3. The van der Waals surface area contributed by atoms with E-state index in [1.165, 1.54) is 9.96 Å². The third kappa shape index (κ3) is 6.31. The molecule has 1 unspecified atom stereocenters. The fraction of sp³-hybridized carbons (Fsp3) is 0.571. The van der Waals surface area contributed by atoms with Crippen molar-refractivity contribution in [2.45, 2.75) is 64.1 Å². The number of alkyl carbamates (subject to hydrolysis) is 1. The van der Waals surface area contributed by atoms with E-state index in [9.17, 15) is 14.4 Å². The van der Waals surface area contributed by atoms with Crippen LogP contribution in [-0.2, 0) is 25.8 Å². The summed E-state index contributed by atoms with van der Waals surface area (Å²) in [5.74, 6) is -0.453. The van der Waals surface area contributed by atoms with Gasteiger partial charge in [-0.2, -0.15) is 5.06 Å². The van der Waals surface area contributed by atoms with Crippen molar-refractivity contribution in [1.82, 2.24) is 20.8 Å². The molecule has 3 atom stereocenters. The minimum absolute atomic E-state index is 0.0948. The average Bonchev–Trinajstić information content (AvgIpc) is 2.95. The summed E-state index contributed by atoms with van der Waals surface area (Å²) in [4.78, 5) is 49.4. The molecule has 3 rings (SSSR count). The first-order valence-corrected chi connectivity index (χ1v) is 10.6. The maximum absolute atomic E-state index is 12.8. The van der Waals surface area contributed by atoms with Crippen molar-refractivity contribution < 1.29 is 28.8 Å². The van der Waals surface area contributed by atoms with Gasteiger partial charge >= 0.3 is 12.1 Å². The van der Waals surface area contributed by atoms with E-state index in [1.54, 1.807) is 20.8 Å². The van der Waals surface area contributed by atoms with Crippen LogP contribution in [0, 0.1) is 0 Å². The van der Waals surface area contributed by atoms with Gasteiger partial charge < -0.3 is 20.7 Å². The number of urea groups is 1. The van der Waals surface area contributed by atoms with E-state index in [2.05, 4.69) is 10.8 Å². The number of piperidine rings is 1. The van der Waals surface area contributed by atoms with Gasteiger partial charge in [-0.15, -0.1) is 0 Å². The van der Waals surface area contributed by atoms with Crippen molar-refractivity contribution in [2.24, 2.45) is 5.73 Å². The molecular formula is C21H31N5O6. The van der Waals surface area contributed by atoms with E-state index in [1.807, 2.05) is 30.3 Å². The molecule has 11 heteroatoms. The molecule has 2 aliphatic rings. The van der Waals surface area contributed by atoms with Gasteiger partial charge in [0, 0.05) is 6.54 Å². The second-order valence-electron chi connectivity index (χ2n) is 8.80. The number of hydrogen-bond donors (Lipinski definition) is 3. The summed E-state index contributed by atoms with van der Waals surface area (Å²) in [6, 6.07) is 8.46. The number of hydrogen-bond acceptors (Lipinski definition) is 7. The Hall–Kier alpha value is -2.89. The fourth-order valence-corrected chi connectivity index (χ4v) is 3.56. The molecule has 2 aliphatic heterocycles. The Kier molecular flexibility index (Phi) is 7.54. The van der Waals surface area contributed by atoms with Crippen LogP contribution in [0.1, 0.15) is 39.2 Å². The van der Waals surface area contributed by atoms with Gasteiger partial charge in [0.15, 0.2) is 0 Å². The second kappa shape index (κ2) is 10.2. The topological polar surface area (TPSA) is 135 Å². The zero-order valence-corrected chi connectivity index (χ0v) is 18.6. The smallest absolute Gasteiger partial charge is 0.408 e. The third-order valence-corrected chi connectivity index (χ3v) is 4.98. The summed E-state index contributed by atoms with van der Waals surface area (Å²) >= 11 is 0. The normalized spacial score (nSPS) is 21.3. The monoisotopic (exact) mass is 449 g/mol. The summed E-state index contributed by atoms with van der Waals surface area (Å²) < 4.78 is 5.10. The number of carbonyl (C=O) groups is 3. The number of ether oxygens (including phenoxy) is 1. The standard InChI is InChI=1S/C21H31N5O6/c1-21(2,3)32-19(28)23-17(22)13-30-24-18(27)16-10-9-15-11-25(16)20(29)26(15)31-12-14-7-5-4-6-8-14/h4-8,15-17H,9-13,22H2,1-3H3,(H,23,28)(H,24,27)/t15?,16-,17-/m0/s1. The van der Waals surface area contributed by atoms with Gasteiger partial charge in [0.05, 0.1) is 6.04 Å². The van der Waals surface area contributed by atoms with Gasteiger partial charge in [-0.05, 0) is 39.2 Å². The number of nitrogens with one attached hydrogen (secondary N) is 2. The lowest BCUT2D eigenvalue weighted by Crippen LogP contribution is -2.51. The minimum atomic E-state index is -0.879. The van der Waals surface area contributed by atoms with Gasteiger partial charge in [-0.1, -0.05) is 30.3 Å². The van der Waals surface area contributed by atoms with Crippen molar-refractivity contribution in [3.8, 4) is 0 Å². The Bertz CT molecular complexity index is 815. The lowest BCUT2D eigenvalue weighted by Gasteiger charge is -2.29. The predicted molar refractivity (Wildman–Crippen MR) is 113 cm³/mol. The minimum Gasteiger partial charge on any atom is -0.444 e. The first-order valence-electron chi connectivity index (χ1n) is 10.6. The van der Waals surface area contributed by atoms with Gasteiger partial charge in [-0.3, -0.25) is 14.5 Å². The van der Waals surface area contributed by atoms with Crippen molar-refractivity contribution in [3.05, 3.63) is 35.9 Å². The van der Waals surface area contributed by atoms with Gasteiger partial charge in [0.25, 0.3) is 5.91 Å². The number of fused-ring (bicyclic) bond motifs is 2. The quantitative estimate of drug-likeness (QED) is 0.401. The van der Waals surface area contributed by atoms with Crippen LogP contribution in [0.25, 0.3) is 0 Å². The van der Waals surface area contributed by atoms with Gasteiger partial charge in [0.1, 0.15) is 31.0 Å². The zero-order valence-electron chi connectivity index (χ0n) is 18.6. The summed E-state index contributed by atoms with van der Waals surface area (Å²) in [7, 11) is 0. The number of amides is 4.